The van der Waals surface area contributed by atoms with Crippen LogP contribution in [0.4, 0.5) is 13.2 Å². The third-order valence-corrected chi connectivity index (χ3v) is 5.90. The van der Waals surface area contributed by atoms with Crippen molar-refractivity contribution in [2.75, 3.05) is 13.1 Å². The fraction of sp³-hybridized carbons (Fsp3) is 0.300. The summed E-state index contributed by atoms with van der Waals surface area (Å²) in [5.41, 5.74) is 1.27. The predicted molar refractivity (Wildman–Crippen MR) is 107 cm³/mol. The predicted octanol–water partition coefficient (Wildman–Crippen LogP) is 4.02. The molecule has 7 nitrogen and oxygen atoms in total. The van der Waals surface area contributed by atoms with Gasteiger partial charge in [0.2, 0.25) is 11.1 Å². The highest BCUT2D eigenvalue weighted by Gasteiger charge is 2.32. The van der Waals surface area contributed by atoms with E-state index in [4.69, 9.17) is 0 Å². The molecule has 0 spiro atoms. The number of alkyl halides is 3. The smallest absolute Gasteiger partial charge is 0.406 e. The molecule has 1 unspecified atom stereocenters. The monoisotopic (exact) mass is 449 g/mol. The van der Waals surface area contributed by atoms with Crippen molar-refractivity contribution in [1.82, 2.24) is 25.1 Å². The van der Waals surface area contributed by atoms with E-state index in [9.17, 15) is 18.0 Å². The molecular weight excluding hydrogens is 431 g/mol. The van der Waals surface area contributed by atoms with Crippen LogP contribution in [0.3, 0.4) is 0 Å². The van der Waals surface area contributed by atoms with Gasteiger partial charge in [0.25, 0.3) is 0 Å². The SMILES string of the molecule is O=C(C(Sc1nnnn1-c1ccc(OC(F)(F)F)cc1)c1ccccc1)N1CCCC1. The topological polar surface area (TPSA) is 73.1 Å². The van der Waals surface area contributed by atoms with Crippen LogP contribution in [0.2, 0.25) is 0 Å². The Kier molecular flexibility index (Phi) is 6.12. The van der Waals surface area contributed by atoms with Gasteiger partial charge in [0, 0.05) is 13.1 Å². The van der Waals surface area contributed by atoms with E-state index >= 15 is 0 Å². The Hall–Kier alpha value is -3.08. The summed E-state index contributed by atoms with van der Waals surface area (Å²) in [5, 5.41) is 11.5. The van der Waals surface area contributed by atoms with Gasteiger partial charge in [-0.3, -0.25) is 4.79 Å². The van der Waals surface area contributed by atoms with Gasteiger partial charge in [0.1, 0.15) is 11.0 Å². The summed E-state index contributed by atoms with van der Waals surface area (Å²) in [7, 11) is 0. The second-order valence-electron chi connectivity index (χ2n) is 6.86. The number of ether oxygens (including phenoxy) is 1. The van der Waals surface area contributed by atoms with Crippen molar-refractivity contribution in [3.8, 4) is 11.4 Å². The van der Waals surface area contributed by atoms with Crippen molar-refractivity contribution in [2.24, 2.45) is 0 Å². The van der Waals surface area contributed by atoms with Gasteiger partial charge in [-0.15, -0.1) is 18.3 Å². The number of rotatable bonds is 6. The molecule has 0 radical (unpaired) electrons. The third-order valence-electron chi connectivity index (χ3n) is 4.72. The van der Waals surface area contributed by atoms with E-state index in [0.29, 0.717) is 23.9 Å². The van der Waals surface area contributed by atoms with E-state index in [0.717, 1.165) is 18.4 Å². The molecule has 4 rings (SSSR count). The lowest BCUT2D eigenvalue weighted by Crippen LogP contribution is -2.31. The zero-order valence-corrected chi connectivity index (χ0v) is 17.0. The average molecular weight is 449 g/mol. The number of tetrazole rings is 1. The zero-order chi connectivity index (χ0) is 21.8. The molecule has 1 atom stereocenters. The molecule has 1 saturated heterocycles. The zero-order valence-electron chi connectivity index (χ0n) is 16.2. The van der Waals surface area contributed by atoms with Crippen molar-refractivity contribution < 1.29 is 22.7 Å². The maximum Gasteiger partial charge on any atom is 0.573 e. The molecule has 0 saturated carbocycles. The van der Waals surface area contributed by atoms with E-state index in [2.05, 4.69) is 20.3 Å². The first-order valence-corrected chi connectivity index (χ1v) is 10.4. The van der Waals surface area contributed by atoms with Crippen LogP contribution >= 0.6 is 11.8 Å². The molecule has 1 aliphatic rings. The Labute approximate surface area is 180 Å². The summed E-state index contributed by atoms with van der Waals surface area (Å²) in [6.45, 7) is 1.43. The molecule has 1 amide bonds. The summed E-state index contributed by atoms with van der Waals surface area (Å²) >= 11 is 1.20. The summed E-state index contributed by atoms with van der Waals surface area (Å²) in [6, 6.07) is 14.6. The summed E-state index contributed by atoms with van der Waals surface area (Å²) in [5.74, 6) is -0.359. The Bertz CT molecular complexity index is 1020. The first-order valence-electron chi connectivity index (χ1n) is 9.56. The molecule has 1 aliphatic heterocycles. The fourth-order valence-corrected chi connectivity index (χ4v) is 4.38. The Morgan fingerprint density at radius 3 is 2.35 bits per heavy atom. The van der Waals surface area contributed by atoms with Crippen LogP contribution in [0.25, 0.3) is 5.69 Å². The van der Waals surface area contributed by atoms with Gasteiger partial charge in [-0.1, -0.05) is 42.1 Å². The molecular formula is C20H18F3N5O2S. The van der Waals surface area contributed by atoms with E-state index in [1.54, 1.807) is 0 Å². The molecule has 0 N–H and O–H groups in total. The minimum atomic E-state index is -4.77. The van der Waals surface area contributed by atoms with Crippen LogP contribution in [0.1, 0.15) is 23.7 Å². The van der Waals surface area contributed by atoms with E-state index in [1.165, 1.54) is 40.7 Å². The van der Waals surface area contributed by atoms with Crippen LogP contribution in [0.5, 0.6) is 5.75 Å². The molecule has 0 bridgehead atoms. The maximum absolute atomic E-state index is 13.2. The van der Waals surface area contributed by atoms with Gasteiger partial charge in [0.15, 0.2) is 0 Å². The first kappa shape index (κ1) is 21.2. The lowest BCUT2D eigenvalue weighted by molar-refractivity contribution is -0.274. The van der Waals surface area contributed by atoms with Crippen LogP contribution in [0.15, 0.2) is 59.8 Å². The number of nitrogens with zero attached hydrogens (tertiary/aromatic N) is 5. The van der Waals surface area contributed by atoms with E-state index in [1.807, 2.05) is 35.2 Å². The van der Waals surface area contributed by atoms with Crippen LogP contribution in [0, 0.1) is 0 Å². The van der Waals surface area contributed by atoms with E-state index < -0.39 is 11.6 Å². The summed E-state index contributed by atoms with van der Waals surface area (Å²) in [4.78, 5) is 15.0. The molecule has 2 aromatic carbocycles. The van der Waals surface area contributed by atoms with Crippen LogP contribution in [-0.4, -0.2) is 50.5 Å². The molecule has 0 aliphatic carbocycles. The Balaban J connectivity index is 1.59. The maximum atomic E-state index is 13.2. The lowest BCUT2D eigenvalue weighted by Gasteiger charge is -2.22. The standard InChI is InChI=1S/C20H18F3N5O2S/c21-20(22,23)30-16-10-8-15(9-11-16)28-19(24-25-26-28)31-17(14-6-2-1-3-7-14)18(29)27-12-4-5-13-27/h1-3,6-11,17H,4-5,12-13H2. The number of hydrogen-bond acceptors (Lipinski definition) is 6. The molecule has 31 heavy (non-hydrogen) atoms. The highest BCUT2D eigenvalue weighted by Crippen LogP contribution is 2.37. The summed E-state index contributed by atoms with van der Waals surface area (Å²) < 4.78 is 42.4. The average Bonchev–Trinajstić information content (AvgIpc) is 3.44. The third kappa shape index (κ3) is 5.16. The molecule has 1 fully saturated rings. The van der Waals surface area contributed by atoms with Gasteiger partial charge in [-0.2, -0.15) is 4.68 Å². The Morgan fingerprint density at radius 1 is 1.03 bits per heavy atom. The quantitative estimate of drug-likeness (QED) is 0.530. The van der Waals surface area contributed by atoms with Gasteiger partial charge in [-0.05, 0) is 53.1 Å². The van der Waals surface area contributed by atoms with Crippen molar-refractivity contribution in [2.45, 2.75) is 29.6 Å². The molecule has 2 heterocycles. The molecule has 162 valence electrons. The number of thioether (sulfide) groups is 1. The number of carbonyl (C=O) groups is 1. The van der Waals surface area contributed by atoms with Gasteiger partial charge in [0.05, 0.1) is 5.69 Å². The van der Waals surface area contributed by atoms with E-state index in [-0.39, 0.29) is 11.7 Å². The van der Waals surface area contributed by atoms with Crippen LogP contribution < -0.4 is 4.74 Å². The number of halogens is 3. The lowest BCUT2D eigenvalue weighted by atomic mass is 10.1. The largest absolute Gasteiger partial charge is 0.573 e. The highest BCUT2D eigenvalue weighted by atomic mass is 32.2. The van der Waals surface area contributed by atoms with Crippen molar-refractivity contribution in [3.63, 3.8) is 0 Å². The molecule has 11 heteroatoms. The molecule has 3 aromatic rings. The normalized spacial score (nSPS) is 15.1. The second kappa shape index (κ2) is 8.96. The van der Waals surface area contributed by atoms with Crippen molar-refractivity contribution in [1.29, 1.82) is 0 Å². The van der Waals surface area contributed by atoms with Crippen LogP contribution in [-0.2, 0) is 4.79 Å². The Morgan fingerprint density at radius 2 is 1.71 bits per heavy atom. The van der Waals surface area contributed by atoms with Crippen molar-refractivity contribution in [3.05, 3.63) is 60.2 Å². The molecule has 1 aromatic heterocycles. The van der Waals surface area contributed by atoms with Gasteiger partial charge < -0.3 is 9.64 Å². The number of aromatic nitrogens is 4. The minimum absolute atomic E-state index is 0.0165. The summed E-state index contributed by atoms with van der Waals surface area (Å²) in [6.07, 6.45) is -2.82. The second-order valence-corrected chi connectivity index (χ2v) is 7.93. The number of likely N-dealkylation sites (tertiary alicyclic amines) is 1. The minimum Gasteiger partial charge on any atom is -0.406 e. The number of hydrogen-bond donors (Lipinski definition) is 0. The fourth-order valence-electron chi connectivity index (χ4n) is 3.30. The van der Waals surface area contributed by atoms with Crippen molar-refractivity contribution >= 4 is 17.7 Å². The number of amides is 1. The first-order chi connectivity index (χ1) is 14.9. The number of benzene rings is 2. The van der Waals surface area contributed by atoms with Gasteiger partial charge in [-0.25, -0.2) is 0 Å². The number of carbonyl (C=O) groups excluding carboxylic acids is 1. The van der Waals surface area contributed by atoms with Gasteiger partial charge >= 0.3 is 6.36 Å². The highest BCUT2D eigenvalue weighted by molar-refractivity contribution is 8.00.